The van der Waals surface area contributed by atoms with Crippen molar-refractivity contribution in [1.82, 2.24) is 4.98 Å². The van der Waals surface area contributed by atoms with E-state index >= 15 is 0 Å². The molecule has 6 nitrogen and oxygen atoms in total. The zero-order chi connectivity index (χ0) is 14.8. The van der Waals surface area contributed by atoms with E-state index < -0.39 is 0 Å². The number of halogens is 1. The van der Waals surface area contributed by atoms with Gasteiger partial charge in [-0.05, 0) is 46.3 Å². The van der Waals surface area contributed by atoms with Crippen LogP contribution in [0, 0.1) is 0 Å². The third-order valence-electron chi connectivity index (χ3n) is 2.84. The van der Waals surface area contributed by atoms with E-state index in [1.165, 1.54) is 0 Å². The van der Waals surface area contributed by atoms with Crippen LogP contribution in [0.15, 0.2) is 41.0 Å². The Balaban J connectivity index is 1.80. The Hall–Kier alpha value is -2.41. The number of amides is 2. The summed E-state index contributed by atoms with van der Waals surface area (Å²) < 4.78 is 6.07. The average molecular weight is 348 g/mol. The van der Waals surface area contributed by atoms with Crippen molar-refractivity contribution in [2.45, 2.75) is 0 Å². The number of fused-ring (bicyclic) bond motifs is 1. The highest BCUT2D eigenvalue weighted by Crippen LogP contribution is 2.28. The van der Waals surface area contributed by atoms with Gasteiger partial charge in [0.1, 0.15) is 11.6 Å². The summed E-state index contributed by atoms with van der Waals surface area (Å²) in [5.41, 5.74) is 0.895. The van der Waals surface area contributed by atoms with Crippen LogP contribution in [-0.4, -0.2) is 23.4 Å². The van der Waals surface area contributed by atoms with Crippen molar-refractivity contribution in [3.63, 3.8) is 0 Å². The minimum atomic E-state index is -0.313. The maximum absolute atomic E-state index is 12.1. The molecule has 0 unspecified atom stereocenters. The molecule has 2 amide bonds. The van der Waals surface area contributed by atoms with Crippen LogP contribution in [0.2, 0.25) is 0 Å². The Morgan fingerprint density at radius 2 is 2.19 bits per heavy atom. The lowest BCUT2D eigenvalue weighted by Gasteiger charge is -2.18. The van der Waals surface area contributed by atoms with E-state index in [1.807, 2.05) is 0 Å². The fourth-order valence-corrected chi connectivity index (χ4v) is 2.10. The third-order valence-corrected chi connectivity index (χ3v) is 3.31. The number of anilines is 2. The molecule has 0 atom stereocenters. The lowest BCUT2D eigenvalue weighted by Crippen LogP contribution is -2.25. The SMILES string of the molecule is O=C1COc2ccc(C(=O)Nc3ccc(Br)cn3)cc2N1. The Morgan fingerprint density at radius 1 is 1.33 bits per heavy atom. The minimum Gasteiger partial charge on any atom is -0.482 e. The second kappa shape index (κ2) is 5.53. The summed E-state index contributed by atoms with van der Waals surface area (Å²) in [6, 6.07) is 8.32. The van der Waals surface area contributed by atoms with Gasteiger partial charge in [0.2, 0.25) is 0 Å². The van der Waals surface area contributed by atoms with Crippen LogP contribution in [0.4, 0.5) is 11.5 Å². The summed E-state index contributed by atoms with van der Waals surface area (Å²) in [5, 5.41) is 5.34. The lowest BCUT2D eigenvalue weighted by molar-refractivity contribution is -0.118. The predicted molar refractivity (Wildman–Crippen MR) is 80.5 cm³/mol. The van der Waals surface area contributed by atoms with Gasteiger partial charge in [-0.3, -0.25) is 9.59 Å². The smallest absolute Gasteiger partial charge is 0.262 e. The summed E-state index contributed by atoms with van der Waals surface area (Å²) >= 11 is 3.27. The van der Waals surface area contributed by atoms with Gasteiger partial charge in [-0.2, -0.15) is 0 Å². The standard InChI is InChI=1S/C14H10BrN3O3/c15-9-2-4-12(16-6-9)18-14(20)8-1-3-11-10(5-8)17-13(19)7-21-11/h1-6H,7H2,(H,17,19)(H,16,18,20). The molecule has 0 radical (unpaired) electrons. The number of hydrogen-bond acceptors (Lipinski definition) is 4. The molecule has 0 saturated carbocycles. The highest BCUT2D eigenvalue weighted by Gasteiger charge is 2.18. The summed E-state index contributed by atoms with van der Waals surface area (Å²) in [6.07, 6.45) is 1.59. The highest BCUT2D eigenvalue weighted by molar-refractivity contribution is 9.10. The van der Waals surface area contributed by atoms with E-state index in [9.17, 15) is 9.59 Å². The number of carbonyl (C=O) groups excluding carboxylic acids is 2. The summed E-state index contributed by atoms with van der Waals surface area (Å²) in [7, 11) is 0. The number of nitrogens with zero attached hydrogens (tertiary/aromatic N) is 1. The molecular weight excluding hydrogens is 338 g/mol. The number of pyridine rings is 1. The molecule has 0 bridgehead atoms. The number of aromatic nitrogens is 1. The van der Waals surface area contributed by atoms with Gasteiger partial charge in [0, 0.05) is 16.2 Å². The number of benzene rings is 1. The van der Waals surface area contributed by atoms with E-state index in [0.717, 1.165) is 4.47 Å². The predicted octanol–water partition coefficient (Wildman–Crippen LogP) is 2.43. The van der Waals surface area contributed by atoms with Crippen molar-refractivity contribution < 1.29 is 14.3 Å². The van der Waals surface area contributed by atoms with Crippen LogP contribution in [0.25, 0.3) is 0 Å². The van der Waals surface area contributed by atoms with Crippen LogP contribution in [0.3, 0.4) is 0 Å². The zero-order valence-electron chi connectivity index (χ0n) is 10.7. The Morgan fingerprint density at radius 3 is 2.95 bits per heavy atom. The van der Waals surface area contributed by atoms with Crippen LogP contribution in [0.5, 0.6) is 5.75 Å². The van der Waals surface area contributed by atoms with Gasteiger partial charge in [-0.1, -0.05) is 0 Å². The van der Waals surface area contributed by atoms with Crippen LogP contribution in [-0.2, 0) is 4.79 Å². The summed E-state index contributed by atoms with van der Waals surface area (Å²) in [5.74, 6) is 0.441. The molecule has 7 heteroatoms. The van der Waals surface area contributed by atoms with E-state index in [2.05, 4.69) is 31.5 Å². The number of hydrogen-bond donors (Lipinski definition) is 2. The zero-order valence-corrected chi connectivity index (χ0v) is 12.3. The molecule has 1 aliphatic heterocycles. The van der Waals surface area contributed by atoms with Gasteiger partial charge in [0.05, 0.1) is 5.69 Å². The molecule has 3 rings (SSSR count). The van der Waals surface area contributed by atoms with Gasteiger partial charge in [0.25, 0.3) is 11.8 Å². The molecule has 0 aliphatic carbocycles. The number of rotatable bonds is 2. The van der Waals surface area contributed by atoms with Crippen LogP contribution < -0.4 is 15.4 Å². The van der Waals surface area contributed by atoms with Crippen molar-refractivity contribution in [3.05, 3.63) is 46.6 Å². The van der Waals surface area contributed by atoms with E-state index in [0.29, 0.717) is 22.8 Å². The second-order valence-corrected chi connectivity index (χ2v) is 5.28. The van der Waals surface area contributed by atoms with Crippen LogP contribution in [0.1, 0.15) is 10.4 Å². The first kappa shape index (κ1) is 13.6. The molecule has 2 aromatic rings. The largest absolute Gasteiger partial charge is 0.482 e. The van der Waals surface area contributed by atoms with Gasteiger partial charge in [-0.15, -0.1) is 0 Å². The number of ether oxygens (including phenoxy) is 1. The number of nitrogens with one attached hydrogen (secondary N) is 2. The first-order chi connectivity index (χ1) is 10.1. The molecule has 21 heavy (non-hydrogen) atoms. The van der Waals surface area contributed by atoms with E-state index in [-0.39, 0.29) is 18.4 Å². The molecule has 1 aromatic heterocycles. The van der Waals surface area contributed by atoms with E-state index in [1.54, 1.807) is 36.5 Å². The first-order valence-electron chi connectivity index (χ1n) is 6.11. The molecule has 0 spiro atoms. The molecule has 0 saturated heterocycles. The quantitative estimate of drug-likeness (QED) is 0.874. The molecule has 2 heterocycles. The maximum atomic E-state index is 12.1. The Kier molecular flexibility index (Phi) is 3.57. The fourth-order valence-electron chi connectivity index (χ4n) is 1.86. The van der Waals surface area contributed by atoms with Crippen molar-refractivity contribution >= 4 is 39.2 Å². The van der Waals surface area contributed by atoms with Crippen molar-refractivity contribution in [3.8, 4) is 5.75 Å². The maximum Gasteiger partial charge on any atom is 0.262 e. The average Bonchev–Trinajstić information content (AvgIpc) is 2.48. The Labute approximate surface area is 128 Å². The molecule has 106 valence electrons. The van der Waals surface area contributed by atoms with Crippen molar-refractivity contribution in [2.75, 3.05) is 17.2 Å². The normalized spacial score (nSPS) is 12.9. The second-order valence-electron chi connectivity index (χ2n) is 4.36. The van der Waals surface area contributed by atoms with E-state index in [4.69, 9.17) is 4.74 Å². The molecule has 1 aliphatic rings. The van der Waals surface area contributed by atoms with Gasteiger partial charge < -0.3 is 15.4 Å². The number of carbonyl (C=O) groups is 2. The third kappa shape index (κ3) is 3.03. The monoisotopic (exact) mass is 347 g/mol. The van der Waals surface area contributed by atoms with Gasteiger partial charge in [-0.25, -0.2) is 4.98 Å². The molecular formula is C14H10BrN3O3. The summed E-state index contributed by atoms with van der Waals surface area (Å²) in [4.78, 5) is 27.5. The molecule has 0 fully saturated rings. The molecule has 1 aromatic carbocycles. The molecule has 2 N–H and O–H groups in total. The highest BCUT2D eigenvalue weighted by atomic mass is 79.9. The van der Waals surface area contributed by atoms with Crippen LogP contribution >= 0.6 is 15.9 Å². The first-order valence-corrected chi connectivity index (χ1v) is 6.91. The topological polar surface area (TPSA) is 80.3 Å². The fraction of sp³-hybridized carbons (Fsp3) is 0.0714. The van der Waals surface area contributed by atoms with Crippen molar-refractivity contribution in [2.24, 2.45) is 0 Å². The lowest BCUT2D eigenvalue weighted by atomic mass is 10.1. The van der Waals surface area contributed by atoms with Gasteiger partial charge >= 0.3 is 0 Å². The minimum absolute atomic E-state index is 0.0125. The van der Waals surface area contributed by atoms with Gasteiger partial charge in [0.15, 0.2) is 6.61 Å². The van der Waals surface area contributed by atoms with Crippen molar-refractivity contribution in [1.29, 1.82) is 0 Å². The summed E-state index contributed by atoms with van der Waals surface area (Å²) in [6.45, 7) is -0.0125. The Bertz CT molecular complexity index is 716.